The Morgan fingerprint density at radius 1 is 1.17 bits per heavy atom. The second-order valence-corrected chi connectivity index (χ2v) is 5.55. The highest BCUT2D eigenvalue weighted by Gasteiger charge is 2.08. The molecule has 120 valence electrons. The fourth-order valence-corrected chi connectivity index (χ4v) is 2.62. The molecule has 3 rings (SSSR count). The molecule has 0 aliphatic heterocycles. The van der Waals surface area contributed by atoms with E-state index in [0.29, 0.717) is 28.6 Å². The lowest BCUT2D eigenvalue weighted by molar-refractivity contribution is 0.104. The largest absolute Gasteiger partial charge is 0.492 e. The van der Waals surface area contributed by atoms with Gasteiger partial charge in [0.05, 0.1) is 6.61 Å². The number of rotatable bonds is 5. The molecule has 0 aliphatic carbocycles. The Morgan fingerprint density at radius 3 is 2.71 bits per heavy atom. The lowest BCUT2D eigenvalue weighted by Gasteiger charge is -2.08. The van der Waals surface area contributed by atoms with Crippen molar-refractivity contribution in [3.8, 4) is 5.75 Å². The van der Waals surface area contributed by atoms with Crippen molar-refractivity contribution in [2.24, 2.45) is 0 Å². The van der Waals surface area contributed by atoms with Gasteiger partial charge in [-0.1, -0.05) is 54.1 Å². The first-order chi connectivity index (χ1) is 11.7. The molecular weight excluding hydrogens is 322 g/mol. The fraction of sp³-hybridized carbons (Fsp3) is 0.100. The van der Waals surface area contributed by atoms with Gasteiger partial charge in [-0.15, -0.1) is 0 Å². The molecule has 0 N–H and O–H groups in total. The van der Waals surface area contributed by atoms with Crippen molar-refractivity contribution in [1.29, 1.82) is 0 Å². The Hall–Kier alpha value is -2.65. The number of benzene rings is 2. The van der Waals surface area contributed by atoms with Crippen molar-refractivity contribution in [2.45, 2.75) is 6.92 Å². The first-order valence-corrected chi connectivity index (χ1v) is 8.06. The average molecular weight is 338 g/mol. The van der Waals surface area contributed by atoms with Crippen LogP contribution in [0.2, 0.25) is 5.15 Å². The minimum Gasteiger partial charge on any atom is -0.492 e. The third kappa shape index (κ3) is 3.47. The van der Waals surface area contributed by atoms with E-state index in [0.717, 1.165) is 10.9 Å². The number of aromatic nitrogens is 1. The Bertz CT molecular complexity index is 904. The highest BCUT2D eigenvalue weighted by Crippen LogP contribution is 2.28. The highest BCUT2D eigenvalue weighted by molar-refractivity contribution is 6.31. The van der Waals surface area contributed by atoms with Crippen LogP contribution in [-0.2, 0) is 0 Å². The number of nitrogens with zero attached hydrogens (tertiary/aromatic N) is 1. The second-order valence-electron chi connectivity index (χ2n) is 5.19. The van der Waals surface area contributed by atoms with Crippen LogP contribution in [0.5, 0.6) is 5.75 Å². The van der Waals surface area contributed by atoms with E-state index in [-0.39, 0.29) is 5.78 Å². The maximum atomic E-state index is 12.2. The molecule has 0 bridgehead atoms. The molecule has 1 aromatic heterocycles. The number of hydrogen-bond acceptors (Lipinski definition) is 3. The van der Waals surface area contributed by atoms with Crippen molar-refractivity contribution in [1.82, 2.24) is 4.98 Å². The van der Waals surface area contributed by atoms with E-state index in [1.165, 1.54) is 6.08 Å². The minimum absolute atomic E-state index is 0.0742. The number of carbonyl (C=O) groups is 1. The van der Waals surface area contributed by atoms with E-state index in [9.17, 15) is 4.79 Å². The molecule has 3 aromatic rings. The first-order valence-electron chi connectivity index (χ1n) is 7.68. The lowest BCUT2D eigenvalue weighted by Crippen LogP contribution is -1.95. The van der Waals surface area contributed by atoms with Crippen LogP contribution in [0.3, 0.4) is 0 Å². The molecule has 0 atom stereocenters. The van der Waals surface area contributed by atoms with Gasteiger partial charge in [0.2, 0.25) is 0 Å². The molecule has 2 aromatic carbocycles. The van der Waals surface area contributed by atoms with Crippen molar-refractivity contribution < 1.29 is 9.53 Å². The SMILES string of the molecule is CCOc1cccc2cc(C=CC(=O)c3ccccc3)c(Cl)nc12. The predicted molar refractivity (Wildman–Crippen MR) is 97.7 cm³/mol. The van der Waals surface area contributed by atoms with Gasteiger partial charge in [-0.25, -0.2) is 4.98 Å². The highest BCUT2D eigenvalue weighted by atomic mass is 35.5. The van der Waals surface area contributed by atoms with Gasteiger partial charge in [-0.05, 0) is 31.2 Å². The number of pyridine rings is 1. The van der Waals surface area contributed by atoms with Crippen LogP contribution in [-0.4, -0.2) is 17.4 Å². The Kier molecular flexibility index (Phi) is 4.92. The maximum absolute atomic E-state index is 12.2. The van der Waals surface area contributed by atoms with Gasteiger partial charge in [-0.2, -0.15) is 0 Å². The summed E-state index contributed by atoms with van der Waals surface area (Å²) < 4.78 is 5.58. The molecule has 4 heteroatoms. The molecule has 0 saturated heterocycles. The third-order valence-electron chi connectivity index (χ3n) is 3.56. The molecule has 0 saturated carbocycles. The number of halogens is 1. The van der Waals surface area contributed by atoms with Gasteiger partial charge in [0.25, 0.3) is 0 Å². The third-order valence-corrected chi connectivity index (χ3v) is 3.86. The van der Waals surface area contributed by atoms with Crippen LogP contribution in [0.4, 0.5) is 0 Å². The monoisotopic (exact) mass is 337 g/mol. The van der Waals surface area contributed by atoms with E-state index in [1.54, 1.807) is 18.2 Å². The van der Waals surface area contributed by atoms with Gasteiger partial charge >= 0.3 is 0 Å². The van der Waals surface area contributed by atoms with Crippen LogP contribution in [0.15, 0.2) is 60.7 Å². The zero-order valence-corrected chi connectivity index (χ0v) is 14.0. The predicted octanol–water partition coefficient (Wildman–Crippen LogP) is 5.18. The summed E-state index contributed by atoms with van der Waals surface area (Å²) in [6.07, 6.45) is 3.20. The molecule has 0 fully saturated rings. The number of fused-ring (bicyclic) bond motifs is 1. The Morgan fingerprint density at radius 2 is 1.96 bits per heavy atom. The zero-order chi connectivity index (χ0) is 16.9. The molecule has 1 heterocycles. The van der Waals surface area contributed by atoms with Gasteiger partial charge in [-0.3, -0.25) is 4.79 Å². The number of ether oxygens (including phenoxy) is 1. The van der Waals surface area contributed by atoms with Crippen LogP contribution < -0.4 is 4.74 Å². The molecular formula is C20H16ClNO2. The summed E-state index contributed by atoms with van der Waals surface area (Å²) in [5.74, 6) is 0.627. The zero-order valence-electron chi connectivity index (χ0n) is 13.2. The number of hydrogen-bond donors (Lipinski definition) is 0. The first kappa shape index (κ1) is 16.2. The second kappa shape index (κ2) is 7.28. The molecule has 3 nitrogen and oxygen atoms in total. The van der Waals surface area contributed by atoms with Gasteiger partial charge < -0.3 is 4.74 Å². The maximum Gasteiger partial charge on any atom is 0.185 e. The summed E-state index contributed by atoms with van der Waals surface area (Å²) in [6.45, 7) is 2.48. The van der Waals surface area contributed by atoms with Crippen molar-refractivity contribution >= 4 is 34.4 Å². The number of para-hydroxylation sites is 1. The summed E-state index contributed by atoms with van der Waals surface area (Å²) >= 11 is 6.28. The molecule has 0 radical (unpaired) electrons. The van der Waals surface area contributed by atoms with E-state index in [4.69, 9.17) is 16.3 Å². The van der Waals surface area contributed by atoms with Crippen molar-refractivity contribution in [3.05, 3.63) is 77.0 Å². The Labute approximate surface area is 145 Å². The minimum atomic E-state index is -0.0742. The standard InChI is InChI=1S/C20H16ClNO2/c1-2-24-18-10-6-9-15-13-16(20(21)22-19(15)18)11-12-17(23)14-7-4-3-5-8-14/h3-13H,2H2,1H3. The lowest BCUT2D eigenvalue weighted by atomic mass is 10.1. The summed E-state index contributed by atoms with van der Waals surface area (Å²) in [7, 11) is 0. The molecule has 0 aliphatic rings. The number of allylic oxidation sites excluding steroid dienone is 1. The van der Waals surface area contributed by atoms with E-state index in [2.05, 4.69) is 4.98 Å². The summed E-state index contributed by atoms with van der Waals surface area (Å²) in [6, 6.07) is 16.7. The summed E-state index contributed by atoms with van der Waals surface area (Å²) in [5, 5.41) is 1.25. The molecule has 24 heavy (non-hydrogen) atoms. The van der Waals surface area contributed by atoms with E-state index < -0.39 is 0 Å². The Balaban J connectivity index is 1.94. The van der Waals surface area contributed by atoms with Crippen molar-refractivity contribution in [2.75, 3.05) is 6.61 Å². The molecule has 0 amide bonds. The topological polar surface area (TPSA) is 39.2 Å². The summed E-state index contributed by atoms with van der Waals surface area (Å²) in [4.78, 5) is 16.6. The van der Waals surface area contributed by atoms with Gasteiger partial charge in [0, 0.05) is 16.5 Å². The van der Waals surface area contributed by atoms with Crippen LogP contribution in [0.1, 0.15) is 22.8 Å². The summed E-state index contributed by atoms with van der Waals surface area (Å²) in [5.41, 5.74) is 2.05. The molecule has 0 spiro atoms. The van der Waals surface area contributed by atoms with Crippen LogP contribution in [0, 0.1) is 0 Å². The van der Waals surface area contributed by atoms with E-state index in [1.807, 2.05) is 49.4 Å². The fourth-order valence-electron chi connectivity index (χ4n) is 2.42. The van der Waals surface area contributed by atoms with Gasteiger partial charge in [0.15, 0.2) is 5.78 Å². The molecule has 0 unspecified atom stereocenters. The normalized spacial score (nSPS) is 11.1. The number of ketones is 1. The van der Waals surface area contributed by atoms with Crippen LogP contribution >= 0.6 is 11.6 Å². The smallest absolute Gasteiger partial charge is 0.185 e. The number of carbonyl (C=O) groups excluding carboxylic acids is 1. The van der Waals surface area contributed by atoms with Crippen molar-refractivity contribution in [3.63, 3.8) is 0 Å². The van der Waals surface area contributed by atoms with Crippen LogP contribution in [0.25, 0.3) is 17.0 Å². The van der Waals surface area contributed by atoms with Gasteiger partial charge in [0.1, 0.15) is 16.4 Å². The average Bonchev–Trinajstić information content (AvgIpc) is 2.61. The van der Waals surface area contributed by atoms with E-state index >= 15 is 0 Å². The quantitative estimate of drug-likeness (QED) is 0.365.